The van der Waals surface area contributed by atoms with Crippen molar-refractivity contribution >= 4 is 42.9 Å². The Hall–Kier alpha value is -1.61. The van der Waals surface area contributed by atoms with Gasteiger partial charge >= 0.3 is 6.18 Å². The summed E-state index contributed by atoms with van der Waals surface area (Å²) in [5.74, 6) is 0.160. The van der Waals surface area contributed by atoms with Gasteiger partial charge in [0.15, 0.2) is 0 Å². The number of rotatable bonds is 1. The van der Waals surface area contributed by atoms with Gasteiger partial charge in [-0.3, -0.25) is 4.79 Å². The molecule has 0 aliphatic heterocycles. The smallest absolute Gasteiger partial charge is 0.346 e. The zero-order chi connectivity index (χ0) is 16.1. The molecule has 3 rings (SSSR count). The van der Waals surface area contributed by atoms with E-state index in [2.05, 4.69) is 46.8 Å². The first-order valence-corrected chi connectivity index (χ1v) is 7.50. The lowest BCUT2D eigenvalue weighted by Gasteiger charge is -2.12. The molecular weight excluding hydrogens is 431 g/mol. The number of H-pyrrole nitrogens is 2. The molecule has 0 bridgehead atoms. The van der Waals surface area contributed by atoms with Gasteiger partial charge in [0.2, 0.25) is 0 Å². The normalized spacial score (nSPS) is 12.0. The molecule has 1 aromatic carbocycles. The SMILES string of the molecule is O=c1[nH]c(-c2c(Br)cc(C(F)(F)F)cc2Br)nc2[nH]ccc12. The van der Waals surface area contributed by atoms with E-state index in [1.807, 2.05) is 0 Å². The molecule has 0 saturated carbocycles. The van der Waals surface area contributed by atoms with Crippen LogP contribution in [0.4, 0.5) is 13.2 Å². The number of aromatic nitrogens is 3. The molecule has 0 spiro atoms. The van der Waals surface area contributed by atoms with Crippen molar-refractivity contribution in [2.24, 2.45) is 0 Å². The summed E-state index contributed by atoms with van der Waals surface area (Å²) in [6.07, 6.45) is -2.90. The summed E-state index contributed by atoms with van der Waals surface area (Å²) in [5, 5.41) is 0.378. The van der Waals surface area contributed by atoms with Crippen molar-refractivity contribution in [1.29, 1.82) is 0 Å². The molecule has 0 saturated heterocycles. The standard InChI is InChI=1S/C13H6Br2F3N3O/c14-7-3-5(13(16,17)18)4-8(15)9(7)11-20-10-6(1-2-19-10)12(22)21-11/h1-4H,(H2,19,20,21,22). The lowest BCUT2D eigenvalue weighted by atomic mass is 10.1. The first kappa shape index (κ1) is 15.3. The van der Waals surface area contributed by atoms with E-state index in [4.69, 9.17) is 0 Å². The van der Waals surface area contributed by atoms with Crippen LogP contribution in [0.3, 0.4) is 0 Å². The molecule has 0 fully saturated rings. The molecule has 9 heteroatoms. The zero-order valence-electron chi connectivity index (χ0n) is 10.6. The number of fused-ring (bicyclic) bond motifs is 1. The summed E-state index contributed by atoms with van der Waals surface area (Å²) < 4.78 is 38.7. The summed E-state index contributed by atoms with van der Waals surface area (Å²) in [5.41, 5.74) is -0.489. The van der Waals surface area contributed by atoms with Crippen LogP contribution in [0.2, 0.25) is 0 Å². The van der Waals surface area contributed by atoms with Crippen LogP contribution in [0.25, 0.3) is 22.4 Å². The fourth-order valence-corrected chi connectivity index (χ4v) is 3.59. The third kappa shape index (κ3) is 2.58. The molecule has 2 heterocycles. The predicted molar refractivity (Wildman–Crippen MR) is 82.6 cm³/mol. The van der Waals surface area contributed by atoms with Crippen molar-refractivity contribution in [3.8, 4) is 11.4 Å². The third-order valence-electron chi connectivity index (χ3n) is 3.03. The summed E-state index contributed by atoms with van der Waals surface area (Å²) in [7, 11) is 0. The van der Waals surface area contributed by atoms with Crippen LogP contribution in [0, 0.1) is 0 Å². The van der Waals surface area contributed by atoms with Crippen molar-refractivity contribution in [1.82, 2.24) is 15.0 Å². The molecule has 0 atom stereocenters. The number of alkyl halides is 3. The van der Waals surface area contributed by atoms with Crippen molar-refractivity contribution in [3.05, 3.63) is 49.3 Å². The van der Waals surface area contributed by atoms with Gasteiger partial charge in [0.1, 0.15) is 11.5 Å². The van der Waals surface area contributed by atoms with E-state index in [0.717, 1.165) is 12.1 Å². The Morgan fingerprint density at radius 3 is 2.36 bits per heavy atom. The van der Waals surface area contributed by atoms with E-state index >= 15 is 0 Å². The van der Waals surface area contributed by atoms with Gasteiger partial charge in [-0.05, 0) is 50.1 Å². The molecule has 0 aliphatic rings. The highest BCUT2D eigenvalue weighted by Gasteiger charge is 2.32. The molecule has 0 unspecified atom stereocenters. The van der Waals surface area contributed by atoms with E-state index in [0.29, 0.717) is 16.6 Å². The minimum atomic E-state index is -4.46. The molecule has 0 aliphatic carbocycles. The van der Waals surface area contributed by atoms with Gasteiger partial charge < -0.3 is 9.97 Å². The van der Waals surface area contributed by atoms with Gasteiger partial charge in [-0.1, -0.05) is 0 Å². The van der Waals surface area contributed by atoms with Crippen molar-refractivity contribution in [2.45, 2.75) is 6.18 Å². The van der Waals surface area contributed by atoms with Crippen molar-refractivity contribution in [3.63, 3.8) is 0 Å². The van der Waals surface area contributed by atoms with E-state index < -0.39 is 11.7 Å². The van der Waals surface area contributed by atoms with Crippen LogP contribution in [0.1, 0.15) is 5.56 Å². The highest BCUT2D eigenvalue weighted by atomic mass is 79.9. The van der Waals surface area contributed by atoms with Crippen LogP contribution in [0.15, 0.2) is 38.1 Å². The molecule has 0 radical (unpaired) electrons. The molecule has 0 amide bonds. The summed E-state index contributed by atoms with van der Waals surface area (Å²) in [4.78, 5) is 21.6. The summed E-state index contributed by atoms with van der Waals surface area (Å²) in [6.45, 7) is 0. The maximum absolute atomic E-state index is 12.8. The minimum Gasteiger partial charge on any atom is -0.346 e. The largest absolute Gasteiger partial charge is 0.416 e. The average Bonchev–Trinajstić information content (AvgIpc) is 2.85. The van der Waals surface area contributed by atoms with Gasteiger partial charge in [-0.2, -0.15) is 13.2 Å². The summed E-state index contributed by atoms with van der Waals surface area (Å²) in [6, 6.07) is 3.46. The molecule has 3 aromatic rings. The maximum Gasteiger partial charge on any atom is 0.416 e. The second kappa shape index (κ2) is 5.24. The van der Waals surface area contributed by atoms with E-state index in [1.54, 1.807) is 12.3 Å². The number of benzene rings is 1. The Kier molecular flexibility index (Phi) is 3.64. The number of hydrogen-bond donors (Lipinski definition) is 2. The van der Waals surface area contributed by atoms with Crippen molar-refractivity contribution in [2.75, 3.05) is 0 Å². The van der Waals surface area contributed by atoms with Gasteiger partial charge in [-0.25, -0.2) is 4.98 Å². The number of hydrogen-bond acceptors (Lipinski definition) is 2. The van der Waals surface area contributed by atoms with Crippen LogP contribution in [0.5, 0.6) is 0 Å². The lowest BCUT2D eigenvalue weighted by molar-refractivity contribution is -0.137. The Balaban J connectivity index is 2.24. The number of halogens is 5. The van der Waals surface area contributed by atoms with E-state index in [1.165, 1.54) is 0 Å². The minimum absolute atomic E-state index is 0.160. The van der Waals surface area contributed by atoms with Crippen LogP contribution in [-0.4, -0.2) is 15.0 Å². The highest BCUT2D eigenvalue weighted by molar-refractivity contribution is 9.11. The predicted octanol–water partition coefficient (Wildman–Crippen LogP) is 4.46. The highest BCUT2D eigenvalue weighted by Crippen LogP contribution is 2.39. The molecule has 2 N–H and O–H groups in total. The molecule has 114 valence electrons. The molecule has 2 aromatic heterocycles. The Morgan fingerprint density at radius 1 is 1.14 bits per heavy atom. The van der Waals surface area contributed by atoms with Crippen LogP contribution >= 0.6 is 31.9 Å². The van der Waals surface area contributed by atoms with Gasteiger partial charge in [0.25, 0.3) is 5.56 Å². The second-order valence-electron chi connectivity index (χ2n) is 4.47. The van der Waals surface area contributed by atoms with Gasteiger partial charge in [-0.15, -0.1) is 0 Å². The quantitative estimate of drug-likeness (QED) is 0.591. The molecule has 22 heavy (non-hydrogen) atoms. The maximum atomic E-state index is 12.8. The number of nitrogens with zero attached hydrogens (tertiary/aromatic N) is 1. The second-order valence-corrected chi connectivity index (χ2v) is 6.18. The monoisotopic (exact) mass is 435 g/mol. The zero-order valence-corrected chi connectivity index (χ0v) is 13.7. The number of aromatic amines is 2. The van der Waals surface area contributed by atoms with Crippen molar-refractivity contribution < 1.29 is 13.2 Å². The van der Waals surface area contributed by atoms with Crippen LogP contribution < -0.4 is 5.56 Å². The van der Waals surface area contributed by atoms with Gasteiger partial charge in [0.05, 0.1) is 10.9 Å². The van der Waals surface area contributed by atoms with E-state index in [-0.39, 0.29) is 20.3 Å². The Bertz CT molecular complexity index is 907. The first-order valence-electron chi connectivity index (χ1n) is 5.91. The first-order chi connectivity index (χ1) is 10.3. The third-order valence-corrected chi connectivity index (χ3v) is 4.28. The van der Waals surface area contributed by atoms with E-state index in [9.17, 15) is 18.0 Å². The lowest BCUT2D eigenvalue weighted by Crippen LogP contribution is -2.10. The van der Waals surface area contributed by atoms with Gasteiger partial charge in [0, 0.05) is 20.7 Å². The fraction of sp³-hybridized carbons (Fsp3) is 0.0769. The Labute approximate surface area is 138 Å². The summed E-state index contributed by atoms with van der Waals surface area (Å²) >= 11 is 6.21. The molecular formula is C13H6Br2F3N3O. The fourth-order valence-electron chi connectivity index (χ4n) is 2.03. The average molecular weight is 437 g/mol. The molecule has 4 nitrogen and oxygen atoms in total. The number of nitrogens with one attached hydrogen (secondary N) is 2. The topological polar surface area (TPSA) is 61.5 Å². The Morgan fingerprint density at radius 2 is 1.77 bits per heavy atom. The van der Waals surface area contributed by atoms with Crippen LogP contribution in [-0.2, 0) is 6.18 Å².